The number of anilines is 3. The highest BCUT2D eigenvalue weighted by Gasteiger charge is 2.40. The lowest BCUT2D eigenvalue weighted by molar-refractivity contribution is 0.246. The molecule has 0 radical (unpaired) electrons. The van der Waals surface area contributed by atoms with Gasteiger partial charge in [-0.25, -0.2) is 14.8 Å². The van der Waals surface area contributed by atoms with E-state index in [1.54, 1.807) is 18.0 Å². The number of hydrogen-bond donors (Lipinski definition) is 1. The number of pyridine rings is 1. The first-order valence-electron chi connectivity index (χ1n) is 10.4. The average molecular weight is 396 g/mol. The second-order valence-corrected chi connectivity index (χ2v) is 7.95. The molecule has 0 aliphatic carbocycles. The maximum absolute atomic E-state index is 13.2. The van der Waals surface area contributed by atoms with Gasteiger partial charge in [0, 0.05) is 32.4 Å². The Kier molecular flexibility index (Phi) is 5.51. The fraction of sp³-hybridized carbons (Fsp3) is 0.524. The van der Waals surface area contributed by atoms with Gasteiger partial charge < -0.3 is 9.80 Å². The molecule has 154 valence electrons. The summed E-state index contributed by atoms with van der Waals surface area (Å²) in [4.78, 5) is 32.5. The molecule has 3 aliphatic heterocycles. The Balaban J connectivity index is 1.64. The van der Waals surface area contributed by atoms with E-state index >= 15 is 0 Å². The van der Waals surface area contributed by atoms with Crippen molar-refractivity contribution < 1.29 is 4.79 Å². The summed E-state index contributed by atoms with van der Waals surface area (Å²) in [5, 5.41) is 2.86. The highest BCUT2D eigenvalue weighted by Crippen LogP contribution is 2.40. The van der Waals surface area contributed by atoms with Crippen LogP contribution < -0.4 is 20.0 Å². The number of piperidine rings is 1. The maximum Gasteiger partial charge on any atom is 0.329 e. The molecule has 4 rings (SSSR count). The Bertz CT molecular complexity index is 841. The largest absolute Gasteiger partial charge is 0.366 e. The first kappa shape index (κ1) is 19.4. The number of nitrogens with zero attached hydrogens (tertiary/aromatic N) is 6. The quantitative estimate of drug-likeness (QED) is 0.795. The van der Waals surface area contributed by atoms with Crippen molar-refractivity contribution in [2.75, 3.05) is 40.9 Å². The fourth-order valence-electron chi connectivity index (χ4n) is 4.37. The molecule has 0 spiro atoms. The van der Waals surface area contributed by atoms with Crippen LogP contribution in [0.1, 0.15) is 33.1 Å². The summed E-state index contributed by atoms with van der Waals surface area (Å²) in [5.74, 6) is 2.82. The van der Waals surface area contributed by atoms with Crippen LogP contribution in [0.25, 0.3) is 0 Å². The molecule has 1 aromatic rings. The minimum atomic E-state index is -0.227. The highest BCUT2D eigenvalue weighted by atomic mass is 16.2. The van der Waals surface area contributed by atoms with Crippen LogP contribution >= 0.6 is 0 Å². The van der Waals surface area contributed by atoms with Crippen molar-refractivity contribution in [3.63, 3.8) is 0 Å². The van der Waals surface area contributed by atoms with E-state index in [0.717, 1.165) is 55.8 Å². The summed E-state index contributed by atoms with van der Waals surface area (Å²) in [7, 11) is 0. The van der Waals surface area contributed by atoms with Crippen LogP contribution in [0.5, 0.6) is 0 Å². The molecule has 1 atom stereocenters. The Morgan fingerprint density at radius 1 is 1.24 bits per heavy atom. The third-order valence-corrected chi connectivity index (χ3v) is 5.98. The third kappa shape index (κ3) is 3.83. The molecule has 29 heavy (non-hydrogen) atoms. The number of aliphatic imine (C=N–C) groups is 2. The summed E-state index contributed by atoms with van der Waals surface area (Å²) in [5.41, 5.74) is 1.02. The molecule has 0 saturated carbocycles. The van der Waals surface area contributed by atoms with Crippen molar-refractivity contribution in [2.24, 2.45) is 15.9 Å². The maximum atomic E-state index is 13.2. The molecule has 2 amide bonds. The van der Waals surface area contributed by atoms with E-state index in [0.29, 0.717) is 5.82 Å². The first-order valence-corrected chi connectivity index (χ1v) is 10.4. The van der Waals surface area contributed by atoms with Gasteiger partial charge in [-0.15, -0.1) is 0 Å². The summed E-state index contributed by atoms with van der Waals surface area (Å²) in [6.45, 7) is 11.3. The van der Waals surface area contributed by atoms with E-state index in [2.05, 4.69) is 50.9 Å². The van der Waals surface area contributed by atoms with Crippen LogP contribution in [0.15, 0.2) is 34.1 Å². The second kappa shape index (κ2) is 8.23. The lowest BCUT2D eigenvalue weighted by Crippen LogP contribution is -2.50. The molecular weight excluding hydrogens is 366 g/mol. The molecule has 2 saturated heterocycles. The van der Waals surface area contributed by atoms with Gasteiger partial charge in [-0.2, -0.15) is 0 Å². The monoisotopic (exact) mass is 395 g/mol. The van der Waals surface area contributed by atoms with E-state index in [-0.39, 0.29) is 12.1 Å². The number of nitrogens with one attached hydrogen (secondary N) is 1. The lowest BCUT2D eigenvalue weighted by atomic mass is 9.99. The Labute approximate surface area is 172 Å². The summed E-state index contributed by atoms with van der Waals surface area (Å²) < 4.78 is 0. The number of hydrogen-bond acceptors (Lipinski definition) is 6. The molecular formula is C21H29N7O. The molecule has 1 N–H and O–H groups in total. The average Bonchev–Trinajstić information content (AvgIpc) is 3.13. The molecule has 4 heterocycles. The topological polar surface area (TPSA) is 76.4 Å². The zero-order chi connectivity index (χ0) is 20.4. The van der Waals surface area contributed by atoms with Gasteiger partial charge in [0.25, 0.3) is 0 Å². The predicted octanol–water partition coefficient (Wildman–Crippen LogP) is 3.02. The van der Waals surface area contributed by atoms with Crippen LogP contribution in [0.4, 0.5) is 22.1 Å². The second-order valence-electron chi connectivity index (χ2n) is 7.95. The standard InChI is InChI=1S/C21H29N7O/c1-4-23-18(13-22-3)24-21(29)28-16-9-12-27(14-16)17-5-6-19(25-20(17)28)26-10-7-15(2)8-11-26/h4-6,13,15-16H,3,7-12,14H2,1-2H3,(H,24,29)/b18-13+,23-4?/t16-/m0/s1. The van der Waals surface area contributed by atoms with Crippen LogP contribution in [0.2, 0.25) is 0 Å². The van der Waals surface area contributed by atoms with Crippen molar-refractivity contribution in [1.82, 2.24) is 10.3 Å². The first-order chi connectivity index (χ1) is 14.1. The third-order valence-electron chi connectivity index (χ3n) is 5.98. The van der Waals surface area contributed by atoms with Gasteiger partial charge in [0.1, 0.15) is 5.82 Å². The van der Waals surface area contributed by atoms with Crippen LogP contribution in [-0.4, -0.2) is 56.2 Å². The van der Waals surface area contributed by atoms with E-state index in [1.165, 1.54) is 19.0 Å². The minimum Gasteiger partial charge on any atom is -0.366 e. The van der Waals surface area contributed by atoms with Crippen molar-refractivity contribution in [1.29, 1.82) is 0 Å². The van der Waals surface area contributed by atoms with Crippen molar-refractivity contribution in [3.05, 3.63) is 24.2 Å². The number of carbonyl (C=O) groups is 1. The number of urea groups is 1. The molecule has 8 nitrogen and oxygen atoms in total. The van der Waals surface area contributed by atoms with Gasteiger partial charge in [-0.3, -0.25) is 15.2 Å². The van der Waals surface area contributed by atoms with Crippen molar-refractivity contribution >= 4 is 36.3 Å². The van der Waals surface area contributed by atoms with Crippen molar-refractivity contribution in [2.45, 2.75) is 39.2 Å². The van der Waals surface area contributed by atoms with Gasteiger partial charge in [-0.1, -0.05) is 6.92 Å². The number of carbonyl (C=O) groups excluding carboxylic acids is 1. The molecule has 1 aromatic heterocycles. The fourth-order valence-corrected chi connectivity index (χ4v) is 4.37. The van der Waals surface area contributed by atoms with Gasteiger partial charge in [0.15, 0.2) is 11.6 Å². The van der Waals surface area contributed by atoms with E-state index in [1.807, 2.05) is 0 Å². The normalized spacial score (nSPS) is 22.2. The predicted molar refractivity (Wildman–Crippen MR) is 118 cm³/mol. The molecule has 0 aromatic carbocycles. The number of amides is 2. The van der Waals surface area contributed by atoms with Crippen molar-refractivity contribution in [3.8, 4) is 0 Å². The molecule has 3 aliphatic rings. The van der Waals surface area contributed by atoms with Gasteiger partial charge in [0.2, 0.25) is 0 Å². The molecule has 2 bridgehead atoms. The molecule has 2 fully saturated rings. The lowest BCUT2D eigenvalue weighted by Gasteiger charge is -2.37. The Hall–Kier alpha value is -2.90. The van der Waals surface area contributed by atoms with E-state index in [4.69, 9.17) is 4.98 Å². The zero-order valence-corrected chi connectivity index (χ0v) is 17.2. The number of fused-ring (bicyclic) bond motifs is 4. The Morgan fingerprint density at radius 2 is 2.00 bits per heavy atom. The van der Waals surface area contributed by atoms with Gasteiger partial charge in [0.05, 0.1) is 17.9 Å². The molecule has 8 heteroatoms. The minimum absolute atomic E-state index is 0.107. The van der Waals surface area contributed by atoms with Crippen LogP contribution in [-0.2, 0) is 0 Å². The Morgan fingerprint density at radius 3 is 2.72 bits per heavy atom. The van der Waals surface area contributed by atoms with E-state index < -0.39 is 0 Å². The van der Waals surface area contributed by atoms with E-state index in [9.17, 15) is 4.79 Å². The smallest absolute Gasteiger partial charge is 0.329 e. The summed E-state index contributed by atoms with van der Waals surface area (Å²) in [6, 6.07) is 4.09. The van der Waals surface area contributed by atoms with Gasteiger partial charge >= 0.3 is 6.03 Å². The SMILES string of the molecule is C=N/C=C(\N=CC)NC(=O)N1c2nc(N3CCC(C)CC3)ccc2N2CC[C@H]1C2. The van der Waals surface area contributed by atoms with Crippen LogP contribution in [0, 0.1) is 5.92 Å². The highest BCUT2D eigenvalue weighted by molar-refractivity contribution is 5.98. The number of rotatable bonds is 4. The summed E-state index contributed by atoms with van der Waals surface area (Å²) >= 11 is 0. The summed E-state index contributed by atoms with van der Waals surface area (Å²) in [6.07, 6.45) is 6.34. The zero-order valence-electron chi connectivity index (χ0n) is 17.2. The van der Waals surface area contributed by atoms with Gasteiger partial charge in [-0.05, 0) is 51.0 Å². The molecule has 0 unspecified atom stereocenters. The van der Waals surface area contributed by atoms with Crippen LogP contribution in [0.3, 0.4) is 0 Å². The number of aromatic nitrogens is 1.